The van der Waals surface area contributed by atoms with E-state index < -0.39 is 23.7 Å². The number of aliphatic hydroxyl groups excluding tert-OH is 1. The standard InChI is InChI=1S/C18H16O9/c1-23-9-4-7(3-8(19)5-9)14-13(22)11(20)10-12(21)16-18(26-6-25-16)17(24-2)15(10)27-14/h3-5,13-14,19,21-22H,6H2,1-2H3/t13-,14+/m0/s1. The van der Waals surface area contributed by atoms with Crippen molar-refractivity contribution in [2.45, 2.75) is 12.2 Å². The Morgan fingerprint density at radius 3 is 2.48 bits per heavy atom. The SMILES string of the molecule is COc1cc(O)cc([C@H]2Oc3c(OC)c4c(c(O)c3C(=O)[C@@H]2O)OCO4)c1. The Bertz CT molecular complexity index is 937. The molecule has 0 bridgehead atoms. The van der Waals surface area contributed by atoms with E-state index in [1.807, 2.05) is 0 Å². The molecular formula is C18H16O9. The fraction of sp³-hybridized carbons (Fsp3) is 0.278. The normalized spacial score (nSPS) is 20.0. The van der Waals surface area contributed by atoms with Crippen LogP contribution < -0.4 is 23.7 Å². The van der Waals surface area contributed by atoms with Crippen molar-refractivity contribution >= 4 is 5.78 Å². The zero-order chi connectivity index (χ0) is 19.3. The second kappa shape index (κ2) is 6.13. The lowest BCUT2D eigenvalue weighted by molar-refractivity contribution is 0.0197. The van der Waals surface area contributed by atoms with Crippen molar-refractivity contribution in [3.8, 4) is 40.2 Å². The number of hydrogen-bond donors (Lipinski definition) is 3. The summed E-state index contributed by atoms with van der Waals surface area (Å²) in [7, 11) is 2.76. The van der Waals surface area contributed by atoms with Crippen molar-refractivity contribution in [3.05, 3.63) is 29.3 Å². The summed E-state index contributed by atoms with van der Waals surface area (Å²) in [5.41, 5.74) is 0.0459. The molecule has 4 rings (SSSR count). The van der Waals surface area contributed by atoms with Crippen LogP contribution in [-0.2, 0) is 0 Å². The maximum atomic E-state index is 12.8. The molecule has 0 amide bonds. The van der Waals surface area contributed by atoms with Gasteiger partial charge in [-0.2, -0.15) is 0 Å². The molecule has 2 atom stereocenters. The van der Waals surface area contributed by atoms with E-state index in [9.17, 15) is 20.1 Å². The van der Waals surface area contributed by atoms with Gasteiger partial charge in [-0.25, -0.2) is 0 Å². The zero-order valence-electron chi connectivity index (χ0n) is 14.4. The first kappa shape index (κ1) is 17.1. The summed E-state index contributed by atoms with van der Waals surface area (Å²) in [4.78, 5) is 12.8. The van der Waals surface area contributed by atoms with Gasteiger partial charge in [0.05, 0.1) is 14.2 Å². The first-order valence-corrected chi connectivity index (χ1v) is 7.95. The number of carbonyl (C=O) groups is 1. The molecule has 9 nitrogen and oxygen atoms in total. The van der Waals surface area contributed by atoms with Crippen molar-refractivity contribution in [1.29, 1.82) is 0 Å². The predicted molar refractivity (Wildman–Crippen MR) is 89.1 cm³/mol. The fourth-order valence-electron chi connectivity index (χ4n) is 3.20. The molecule has 0 spiro atoms. The average Bonchev–Trinajstić information content (AvgIpc) is 3.14. The van der Waals surface area contributed by atoms with E-state index in [-0.39, 0.29) is 41.1 Å². The highest BCUT2D eigenvalue weighted by Gasteiger charge is 2.44. The number of aromatic hydroxyl groups is 2. The summed E-state index contributed by atoms with van der Waals surface area (Å²) in [5, 5.41) is 30.8. The zero-order valence-corrected chi connectivity index (χ0v) is 14.4. The minimum absolute atomic E-state index is 0.0489. The van der Waals surface area contributed by atoms with Gasteiger partial charge in [0.15, 0.2) is 23.7 Å². The van der Waals surface area contributed by atoms with Gasteiger partial charge in [-0.3, -0.25) is 4.79 Å². The number of hydrogen-bond acceptors (Lipinski definition) is 9. The average molecular weight is 376 g/mol. The minimum atomic E-state index is -1.64. The summed E-state index contributed by atoms with van der Waals surface area (Å²) in [6.45, 7) is -0.161. The number of phenolic OH excluding ortho intramolecular Hbond substituents is 2. The smallest absolute Gasteiger partial charge is 0.231 e. The van der Waals surface area contributed by atoms with Crippen LogP contribution in [-0.4, -0.2) is 48.2 Å². The van der Waals surface area contributed by atoms with Crippen LogP contribution in [0.15, 0.2) is 18.2 Å². The van der Waals surface area contributed by atoms with Crippen LogP contribution in [0.25, 0.3) is 0 Å². The number of benzene rings is 2. The van der Waals surface area contributed by atoms with E-state index in [0.717, 1.165) is 0 Å². The second-order valence-electron chi connectivity index (χ2n) is 5.96. The predicted octanol–water partition coefficient (Wildman–Crippen LogP) is 1.52. The van der Waals surface area contributed by atoms with Crippen LogP contribution in [0.4, 0.5) is 0 Å². The lowest BCUT2D eigenvalue weighted by Gasteiger charge is -2.31. The highest BCUT2D eigenvalue weighted by molar-refractivity contribution is 6.07. The largest absolute Gasteiger partial charge is 0.508 e. The Morgan fingerprint density at radius 1 is 1.04 bits per heavy atom. The number of aliphatic hydroxyl groups is 1. The van der Waals surface area contributed by atoms with E-state index in [4.69, 9.17) is 23.7 Å². The number of carbonyl (C=O) groups excluding carboxylic acids is 1. The summed E-state index contributed by atoms with van der Waals surface area (Å²) in [5.74, 6) is -1.04. The molecule has 2 heterocycles. The van der Waals surface area contributed by atoms with Gasteiger partial charge in [-0.05, 0) is 12.1 Å². The third kappa shape index (κ3) is 2.47. The molecule has 0 unspecified atom stereocenters. The number of ketones is 1. The first-order valence-electron chi connectivity index (χ1n) is 7.95. The van der Waals surface area contributed by atoms with Crippen molar-refractivity contribution in [1.82, 2.24) is 0 Å². The molecule has 0 saturated carbocycles. The first-order chi connectivity index (χ1) is 13.0. The fourth-order valence-corrected chi connectivity index (χ4v) is 3.20. The molecule has 2 aliphatic rings. The number of rotatable bonds is 3. The molecule has 0 radical (unpaired) electrons. The van der Waals surface area contributed by atoms with Gasteiger partial charge < -0.3 is 39.0 Å². The summed E-state index contributed by atoms with van der Waals surface area (Å²) >= 11 is 0. The van der Waals surface area contributed by atoms with Crippen molar-refractivity contribution in [2.24, 2.45) is 0 Å². The highest BCUT2D eigenvalue weighted by Crippen LogP contribution is 2.57. The molecule has 2 aromatic carbocycles. The maximum Gasteiger partial charge on any atom is 0.231 e. The molecule has 142 valence electrons. The Balaban J connectivity index is 1.88. The van der Waals surface area contributed by atoms with Gasteiger partial charge in [0.25, 0.3) is 0 Å². The number of ether oxygens (including phenoxy) is 5. The van der Waals surface area contributed by atoms with Gasteiger partial charge in [0.1, 0.15) is 17.1 Å². The summed E-state index contributed by atoms with van der Waals surface area (Å²) < 4.78 is 26.7. The lowest BCUT2D eigenvalue weighted by atomic mass is 9.92. The van der Waals surface area contributed by atoms with Crippen molar-refractivity contribution < 1.29 is 43.8 Å². The molecule has 0 aliphatic carbocycles. The Kier molecular flexibility index (Phi) is 3.88. The van der Waals surface area contributed by atoms with Crippen LogP contribution in [0.1, 0.15) is 22.0 Å². The van der Waals surface area contributed by atoms with Crippen LogP contribution in [0.3, 0.4) is 0 Å². The monoisotopic (exact) mass is 376 g/mol. The minimum Gasteiger partial charge on any atom is -0.508 e. The van der Waals surface area contributed by atoms with Crippen LogP contribution >= 0.6 is 0 Å². The van der Waals surface area contributed by atoms with Gasteiger partial charge in [0, 0.05) is 11.6 Å². The van der Waals surface area contributed by atoms with Crippen LogP contribution in [0, 0.1) is 0 Å². The summed E-state index contributed by atoms with van der Waals surface area (Å²) in [6, 6.07) is 4.23. The Hall–Kier alpha value is -3.33. The van der Waals surface area contributed by atoms with E-state index in [1.165, 1.54) is 32.4 Å². The third-order valence-electron chi connectivity index (χ3n) is 4.43. The van der Waals surface area contributed by atoms with Gasteiger partial charge >= 0.3 is 0 Å². The van der Waals surface area contributed by atoms with E-state index in [1.54, 1.807) is 0 Å². The van der Waals surface area contributed by atoms with E-state index in [0.29, 0.717) is 11.3 Å². The molecule has 3 N–H and O–H groups in total. The van der Waals surface area contributed by atoms with E-state index >= 15 is 0 Å². The Labute approximate surface area is 153 Å². The quantitative estimate of drug-likeness (QED) is 0.731. The Morgan fingerprint density at radius 2 is 1.78 bits per heavy atom. The molecule has 27 heavy (non-hydrogen) atoms. The second-order valence-corrected chi connectivity index (χ2v) is 5.96. The molecular weight excluding hydrogens is 360 g/mol. The van der Waals surface area contributed by atoms with Crippen LogP contribution in [0.2, 0.25) is 0 Å². The molecule has 2 aromatic rings. The highest BCUT2D eigenvalue weighted by atomic mass is 16.7. The molecule has 0 fully saturated rings. The molecule has 9 heteroatoms. The number of Topliss-reactive ketones (excluding diaryl/α,β-unsaturated/α-hetero) is 1. The lowest BCUT2D eigenvalue weighted by Crippen LogP contribution is -2.36. The number of phenols is 2. The molecule has 0 saturated heterocycles. The molecule has 0 aromatic heterocycles. The van der Waals surface area contributed by atoms with Crippen molar-refractivity contribution in [2.75, 3.05) is 21.0 Å². The topological polar surface area (TPSA) is 124 Å². The van der Waals surface area contributed by atoms with Gasteiger partial charge in [-0.1, -0.05) is 0 Å². The van der Waals surface area contributed by atoms with Crippen LogP contribution in [0.5, 0.6) is 40.2 Å². The summed E-state index contributed by atoms with van der Waals surface area (Å²) in [6.07, 6.45) is -2.81. The van der Waals surface area contributed by atoms with Gasteiger partial charge in [0.2, 0.25) is 29.8 Å². The maximum absolute atomic E-state index is 12.8. The number of methoxy groups -OCH3 is 2. The van der Waals surface area contributed by atoms with Gasteiger partial charge in [-0.15, -0.1) is 0 Å². The third-order valence-corrected chi connectivity index (χ3v) is 4.43. The van der Waals surface area contributed by atoms with E-state index in [2.05, 4.69) is 0 Å². The van der Waals surface area contributed by atoms with Crippen molar-refractivity contribution in [3.63, 3.8) is 0 Å². The molecule has 2 aliphatic heterocycles. The number of fused-ring (bicyclic) bond motifs is 2.